The van der Waals surface area contributed by atoms with E-state index in [4.69, 9.17) is 5.73 Å². The summed E-state index contributed by atoms with van der Waals surface area (Å²) >= 11 is 0. The standard InChI is InChI=1S/C12H19NO/c1-4-5-7-11(14)10-12(2,3)8-6-9-13/h6,8,10,14H,4,9,13H2,1-3H3/b8-6-,11-10+. The maximum absolute atomic E-state index is 9.44. The van der Waals surface area contributed by atoms with E-state index in [1.54, 1.807) is 6.08 Å². The molecule has 0 amide bonds. The summed E-state index contributed by atoms with van der Waals surface area (Å²) in [6.07, 6.45) is 6.30. The lowest BCUT2D eigenvalue weighted by molar-refractivity contribution is 0.423. The fourth-order valence-corrected chi connectivity index (χ4v) is 0.987. The first-order valence-corrected chi connectivity index (χ1v) is 4.80. The zero-order chi connectivity index (χ0) is 11.0. The van der Waals surface area contributed by atoms with Crippen LogP contribution in [0.25, 0.3) is 0 Å². The summed E-state index contributed by atoms with van der Waals surface area (Å²) < 4.78 is 0. The zero-order valence-corrected chi connectivity index (χ0v) is 9.17. The summed E-state index contributed by atoms with van der Waals surface area (Å²) in [6, 6.07) is 0. The van der Waals surface area contributed by atoms with Gasteiger partial charge in [-0.2, -0.15) is 0 Å². The van der Waals surface area contributed by atoms with Gasteiger partial charge in [0.05, 0.1) is 0 Å². The van der Waals surface area contributed by atoms with Crippen molar-refractivity contribution in [2.24, 2.45) is 11.1 Å². The first kappa shape index (κ1) is 12.8. The van der Waals surface area contributed by atoms with Gasteiger partial charge in [0.15, 0.2) is 5.76 Å². The highest BCUT2D eigenvalue weighted by atomic mass is 16.3. The lowest BCUT2D eigenvalue weighted by Crippen LogP contribution is -2.05. The van der Waals surface area contributed by atoms with E-state index in [1.807, 2.05) is 32.9 Å². The quantitative estimate of drug-likeness (QED) is 0.410. The van der Waals surface area contributed by atoms with Gasteiger partial charge in [-0.05, 0) is 12.0 Å². The summed E-state index contributed by atoms with van der Waals surface area (Å²) in [5.41, 5.74) is 5.15. The molecule has 0 fully saturated rings. The van der Waals surface area contributed by atoms with Gasteiger partial charge in [-0.25, -0.2) is 0 Å². The van der Waals surface area contributed by atoms with Gasteiger partial charge in [-0.1, -0.05) is 38.8 Å². The lowest BCUT2D eigenvalue weighted by Gasteiger charge is -2.13. The van der Waals surface area contributed by atoms with Crippen LogP contribution in [-0.4, -0.2) is 11.7 Å². The zero-order valence-electron chi connectivity index (χ0n) is 9.17. The molecule has 0 heterocycles. The van der Waals surface area contributed by atoms with E-state index >= 15 is 0 Å². The van der Waals surface area contributed by atoms with E-state index in [9.17, 15) is 5.11 Å². The van der Waals surface area contributed by atoms with Gasteiger partial charge in [-0.15, -0.1) is 0 Å². The molecule has 0 radical (unpaired) electrons. The van der Waals surface area contributed by atoms with Gasteiger partial charge in [0, 0.05) is 18.4 Å². The van der Waals surface area contributed by atoms with Crippen LogP contribution in [0.15, 0.2) is 24.0 Å². The fraction of sp³-hybridized carbons (Fsp3) is 0.500. The number of nitrogens with two attached hydrogens (primary N) is 1. The van der Waals surface area contributed by atoms with E-state index < -0.39 is 0 Å². The average Bonchev–Trinajstić information content (AvgIpc) is 2.11. The largest absolute Gasteiger partial charge is 0.501 e. The molecule has 0 aromatic rings. The molecule has 0 atom stereocenters. The molecule has 3 N–H and O–H groups in total. The van der Waals surface area contributed by atoms with Crippen molar-refractivity contribution < 1.29 is 5.11 Å². The Morgan fingerprint density at radius 3 is 2.64 bits per heavy atom. The van der Waals surface area contributed by atoms with Crippen LogP contribution in [0.4, 0.5) is 0 Å². The van der Waals surface area contributed by atoms with Crippen molar-refractivity contribution >= 4 is 0 Å². The Kier molecular flexibility index (Phi) is 5.74. The number of hydrogen-bond donors (Lipinski definition) is 2. The van der Waals surface area contributed by atoms with Gasteiger partial charge >= 0.3 is 0 Å². The molecule has 14 heavy (non-hydrogen) atoms. The molecule has 0 rings (SSSR count). The van der Waals surface area contributed by atoms with Crippen LogP contribution in [0.2, 0.25) is 0 Å². The molecule has 78 valence electrons. The Bertz CT molecular complexity index is 276. The second-order valence-electron chi connectivity index (χ2n) is 3.64. The number of aliphatic hydroxyl groups excluding tert-OH is 1. The highest BCUT2D eigenvalue weighted by molar-refractivity contribution is 5.25. The molecule has 0 aromatic carbocycles. The maximum atomic E-state index is 9.44. The molecular weight excluding hydrogens is 174 g/mol. The van der Waals surface area contributed by atoms with E-state index in [0.29, 0.717) is 6.54 Å². The molecule has 0 aliphatic carbocycles. The normalized spacial score (nSPS) is 12.7. The molecule has 0 aliphatic heterocycles. The average molecular weight is 193 g/mol. The van der Waals surface area contributed by atoms with E-state index in [-0.39, 0.29) is 11.2 Å². The molecule has 0 spiro atoms. The third kappa shape index (κ3) is 6.33. The predicted octanol–water partition coefficient (Wildman–Crippen LogP) is 2.38. The van der Waals surface area contributed by atoms with Gasteiger partial charge in [0.1, 0.15) is 0 Å². The summed E-state index contributed by atoms with van der Waals surface area (Å²) in [4.78, 5) is 0. The Hall–Kier alpha value is -1.20. The maximum Gasteiger partial charge on any atom is 0.163 e. The van der Waals surface area contributed by atoms with E-state index in [1.165, 1.54) is 0 Å². The molecule has 0 bridgehead atoms. The Morgan fingerprint density at radius 1 is 1.50 bits per heavy atom. The number of allylic oxidation sites excluding steroid dienone is 3. The summed E-state index contributed by atoms with van der Waals surface area (Å²) in [5, 5.41) is 9.44. The highest BCUT2D eigenvalue weighted by Gasteiger charge is 2.10. The van der Waals surface area contributed by atoms with Crippen LogP contribution in [0.3, 0.4) is 0 Å². The molecule has 0 saturated heterocycles. The SMILES string of the molecule is CCC#C/C(O)=C\C(C)(C)/C=C\CN. The smallest absolute Gasteiger partial charge is 0.163 e. The minimum atomic E-state index is -0.203. The first-order chi connectivity index (χ1) is 6.52. The van der Waals surface area contributed by atoms with Crippen LogP contribution in [0.5, 0.6) is 0 Å². The van der Waals surface area contributed by atoms with Crippen molar-refractivity contribution in [1.82, 2.24) is 0 Å². The van der Waals surface area contributed by atoms with Crippen LogP contribution in [0.1, 0.15) is 27.2 Å². The van der Waals surface area contributed by atoms with Crippen molar-refractivity contribution in [2.45, 2.75) is 27.2 Å². The third-order valence-corrected chi connectivity index (χ3v) is 1.59. The number of aliphatic hydroxyl groups is 1. The van der Waals surface area contributed by atoms with Crippen molar-refractivity contribution in [3.05, 3.63) is 24.0 Å². The van der Waals surface area contributed by atoms with Crippen molar-refractivity contribution in [2.75, 3.05) is 6.54 Å². The topological polar surface area (TPSA) is 46.2 Å². The molecule has 0 unspecified atom stereocenters. The minimum Gasteiger partial charge on any atom is -0.501 e. The van der Waals surface area contributed by atoms with E-state index in [2.05, 4.69) is 11.8 Å². The number of rotatable bonds is 3. The van der Waals surface area contributed by atoms with Crippen LogP contribution >= 0.6 is 0 Å². The monoisotopic (exact) mass is 193 g/mol. The predicted molar refractivity (Wildman–Crippen MR) is 60.8 cm³/mol. The number of hydrogen-bond acceptors (Lipinski definition) is 2. The van der Waals surface area contributed by atoms with Gasteiger partial charge < -0.3 is 10.8 Å². The Labute approximate surface area is 86.5 Å². The van der Waals surface area contributed by atoms with Gasteiger partial charge in [0.25, 0.3) is 0 Å². The second-order valence-corrected chi connectivity index (χ2v) is 3.64. The summed E-state index contributed by atoms with van der Waals surface area (Å²) in [5.74, 6) is 5.60. The molecule has 2 heteroatoms. The van der Waals surface area contributed by atoms with Crippen LogP contribution in [-0.2, 0) is 0 Å². The van der Waals surface area contributed by atoms with Gasteiger partial charge in [-0.3, -0.25) is 0 Å². The van der Waals surface area contributed by atoms with Crippen LogP contribution < -0.4 is 5.73 Å². The first-order valence-electron chi connectivity index (χ1n) is 4.80. The molecule has 2 nitrogen and oxygen atoms in total. The van der Waals surface area contributed by atoms with Crippen molar-refractivity contribution in [1.29, 1.82) is 0 Å². The Balaban J connectivity index is 4.52. The minimum absolute atomic E-state index is 0.124. The molecule has 0 saturated carbocycles. The summed E-state index contributed by atoms with van der Waals surface area (Å²) in [7, 11) is 0. The second kappa shape index (κ2) is 6.28. The van der Waals surface area contributed by atoms with Crippen LogP contribution in [0, 0.1) is 17.3 Å². The Morgan fingerprint density at radius 2 is 2.14 bits per heavy atom. The lowest BCUT2D eigenvalue weighted by atomic mass is 9.92. The highest BCUT2D eigenvalue weighted by Crippen LogP contribution is 2.19. The molecule has 0 aliphatic rings. The molecule has 0 aromatic heterocycles. The van der Waals surface area contributed by atoms with Gasteiger partial charge in [0.2, 0.25) is 0 Å². The van der Waals surface area contributed by atoms with Crippen molar-refractivity contribution in [3.8, 4) is 11.8 Å². The molecular formula is C12H19NO. The third-order valence-electron chi connectivity index (χ3n) is 1.59. The summed E-state index contributed by atoms with van der Waals surface area (Å²) in [6.45, 7) is 6.43. The van der Waals surface area contributed by atoms with E-state index in [0.717, 1.165) is 6.42 Å². The fourth-order valence-electron chi connectivity index (χ4n) is 0.987. The van der Waals surface area contributed by atoms with Crippen molar-refractivity contribution in [3.63, 3.8) is 0 Å².